The fourth-order valence-corrected chi connectivity index (χ4v) is 4.43. The zero-order chi connectivity index (χ0) is 17.9. The number of nitrogens with zero attached hydrogens (tertiary/aromatic N) is 2. The molecule has 0 saturated carbocycles. The fourth-order valence-electron chi connectivity index (χ4n) is 4.43. The van der Waals surface area contributed by atoms with Crippen LogP contribution in [-0.4, -0.2) is 17.0 Å². The van der Waals surface area contributed by atoms with Gasteiger partial charge in [0.05, 0.1) is 11.6 Å². The van der Waals surface area contributed by atoms with Gasteiger partial charge in [-0.25, -0.2) is 4.39 Å². The van der Waals surface area contributed by atoms with Gasteiger partial charge in [-0.15, -0.1) is 0 Å². The molecule has 26 heavy (non-hydrogen) atoms. The molecular weight excluding hydrogens is 323 g/mol. The summed E-state index contributed by atoms with van der Waals surface area (Å²) >= 11 is 0. The number of fused-ring (bicyclic) bond motifs is 2. The highest BCUT2D eigenvalue weighted by Gasteiger charge is 2.33. The van der Waals surface area contributed by atoms with E-state index in [4.69, 9.17) is 0 Å². The molecule has 2 aromatic rings. The predicted molar refractivity (Wildman–Crippen MR) is 101 cm³/mol. The van der Waals surface area contributed by atoms with E-state index < -0.39 is 0 Å². The van der Waals surface area contributed by atoms with Crippen molar-refractivity contribution in [3.05, 3.63) is 82.7 Å². The van der Waals surface area contributed by atoms with E-state index in [1.54, 1.807) is 6.07 Å². The lowest BCUT2D eigenvalue weighted by atomic mass is 9.82. The summed E-state index contributed by atoms with van der Waals surface area (Å²) in [6, 6.07) is 18.4. The Balaban J connectivity index is 1.54. The molecule has 2 heterocycles. The normalized spacial score (nSPS) is 22.5. The summed E-state index contributed by atoms with van der Waals surface area (Å²) in [5.41, 5.74) is 4.16. The van der Waals surface area contributed by atoms with Crippen molar-refractivity contribution in [2.75, 3.05) is 0 Å². The van der Waals surface area contributed by atoms with Crippen LogP contribution in [0.5, 0.6) is 0 Å². The number of nitriles is 1. The van der Waals surface area contributed by atoms with Gasteiger partial charge in [-0.05, 0) is 48.9 Å². The Kier molecular flexibility index (Phi) is 4.86. The van der Waals surface area contributed by atoms with Crippen molar-refractivity contribution in [2.45, 2.75) is 50.7 Å². The Morgan fingerprint density at radius 3 is 2.73 bits per heavy atom. The number of hydrogen-bond acceptors (Lipinski definition) is 2. The maximum absolute atomic E-state index is 13.4. The van der Waals surface area contributed by atoms with Crippen LogP contribution < -0.4 is 0 Å². The first kappa shape index (κ1) is 17.0. The third-order valence-electron chi connectivity index (χ3n) is 5.68. The lowest BCUT2D eigenvalue weighted by Crippen LogP contribution is -2.48. The first-order valence-corrected chi connectivity index (χ1v) is 9.40. The molecule has 132 valence electrons. The van der Waals surface area contributed by atoms with Crippen molar-refractivity contribution in [2.24, 2.45) is 0 Å². The van der Waals surface area contributed by atoms with Crippen molar-refractivity contribution in [3.8, 4) is 6.07 Å². The summed E-state index contributed by atoms with van der Waals surface area (Å²) in [5.74, 6) is -0.339. The summed E-state index contributed by atoms with van der Waals surface area (Å²) in [4.78, 5) is 2.64. The van der Waals surface area contributed by atoms with Crippen LogP contribution in [-0.2, 0) is 13.0 Å². The highest BCUT2D eigenvalue weighted by molar-refractivity contribution is 5.40. The van der Waals surface area contributed by atoms with Crippen LogP contribution in [0.25, 0.3) is 0 Å². The minimum Gasteiger partial charge on any atom is -0.289 e. The minimum atomic E-state index is -0.339. The number of piperidine rings is 1. The Morgan fingerprint density at radius 2 is 1.96 bits per heavy atom. The smallest absolute Gasteiger partial charge is 0.124 e. The van der Waals surface area contributed by atoms with Gasteiger partial charge in [-0.3, -0.25) is 4.90 Å². The van der Waals surface area contributed by atoms with Crippen molar-refractivity contribution in [1.29, 1.82) is 5.26 Å². The van der Waals surface area contributed by atoms with Gasteiger partial charge in [0.25, 0.3) is 0 Å². The molecule has 2 atom stereocenters. The van der Waals surface area contributed by atoms with Crippen molar-refractivity contribution in [3.63, 3.8) is 0 Å². The summed E-state index contributed by atoms with van der Waals surface area (Å²) < 4.78 is 13.4. The van der Waals surface area contributed by atoms with Gasteiger partial charge in [0.1, 0.15) is 5.82 Å². The third kappa shape index (κ3) is 3.57. The van der Waals surface area contributed by atoms with Crippen molar-refractivity contribution >= 4 is 0 Å². The van der Waals surface area contributed by atoms with Crippen LogP contribution in [0.15, 0.2) is 60.2 Å². The highest BCUT2D eigenvalue weighted by Crippen LogP contribution is 2.35. The molecule has 1 fully saturated rings. The van der Waals surface area contributed by atoms with E-state index >= 15 is 0 Å². The fraction of sp³-hybridized carbons (Fsp3) is 0.348. The van der Waals surface area contributed by atoms with E-state index in [1.807, 2.05) is 0 Å². The van der Waals surface area contributed by atoms with E-state index in [1.165, 1.54) is 42.5 Å². The molecule has 0 radical (unpaired) electrons. The van der Waals surface area contributed by atoms with Gasteiger partial charge in [0.2, 0.25) is 0 Å². The molecule has 2 aromatic carbocycles. The summed E-state index contributed by atoms with van der Waals surface area (Å²) in [6.45, 7) is 1.000. The Bertz CT molecular complexity index is 850. The average molecular weight is 346 g/mol. The van der Waals surface area contributed by atoms with Gasteiger partial charge in [-0.2, -0.15) is 5.26 Å². The second kappa shape index (κ2) is 7.43. The maximum Gasteiger partial charge on any atom is 0.124 e. The van der Waals surface area contributed by atoms with Gasteiger partial charge in [0.15, 0.2) is 0 Å². The van der Waals surface area contributed by atoms with E-state index in [9.17, 15) is 9.65 Å². The molecule has 0 amide bonds. The molecule has 2 bridgehead atoms. The second-order valence-corrected chi connectivity index (χ2v) is 7.43. The second-order valence-electron chi connectivity index (χ2n) is 7.43. The molecule has 0 N–H and O–H groups in total. The van der Waals surface area contributed by atoms with Gasteiger partial charge in [0, 0.05) is 18.6 Å². The quantitative estimate of drug-likeness (QED) is 0.729. The van der Waals surface area contributed by atoms with Crippen LogP contribution >= 0.6 is 0 Å². The Labute approximate surface area is 154 Å². The minimum absolute atomic E-state index is 0.339. The molecule has 3 heteroatoms. The number of rotatable bonds is 4. The zero-order valence-electron chi connectivity index (χ0n) is 14.9. The van der Waals surface area contributed by atoms with E-state index in [0.717, 1.165) is 24.9 Å². The highest BCUT2D eigenvalue weighted by atomic mass is 19.1. The van der Waals surface area contributed by atoms with Crippen LogP contribution in [0.1, 0.15) is 42.4 Å². The van der Waals surface area contributed by atoms with Gasteiger partial charge in [-0.1, -0.05) is 54.5 Å². The summed E-state index contributed by atoms with van der Waals surface area (Å²) in [6.07, 6.45) is 7.92. The molecule has 2 unspecified atom stereocenters. The van der Waals surface area contributed by atoms with Gasteiger partial charge >= 0.3 is 0 Å². The first-order valence-electron chi connectivity index (χ1n) is 9.40. The third-order valence-corrected chi connectivity index (χ3v) is 5.68. The van der Waals surface area contributed by atoms with Crippen LogP contribution in [0, 0.1) is 17.1 Å². The van der Waals surface area contributed by atoms with E-state index in [-0.39, 0.29) is 5.82 Å². The van der Waals surface area contributed by atoms with Crippen LogP contribution in [0.3, 0.4) is 0 Å². The zero-order valence-corrected chi connectivity index (χ0v) is 14.9. The molecular formula is C23H23FN2. The van der Waals surface area contributed by atoms with Crippen molar-refractivity contribution < 1.29 is 4.39 Å². The lowest BCUT2D eigenvalue weighted by Gasteiger charge is -2.45. The van der Waals surface area contributed by atoms with Gasteiger partial charge < -0.3 is 0 Å². The standard InChI is InChI=1S/C23H23FN2/c24-21-10-9-19(20(14-21)15-25)11-18-12-22-7-4-8-23(13-18)26(22)16-17-5-2-1-3-6-17/h1-3,5-6,9-10,12,14,22-23H,4,7-8,11,13,16H2. The topological polar surface area (TPSA) is 27.0 Å². The molecule has 2 aliphatic heterocycles. The van der Waals surface area contributed by atoms with Crippen LogP contribution in [0.2, 0.25) is 0 Å². The predicted octanol–water partition coefficient (Wildman–Crippen LogP) is 4.99. The van der Waals surface area contributed by atoms with E-state index in [0.29, 0.717) is 17.6 Å². The molecule has 2 nitrogen and oxygen atoms in total. The molecule has 0 spiro atoms. The first-order chi connectivity index (χ1) is 12.7. The van der Waals surface area contributed by atoms with E-state index in [2.05, 4.69) is 47.4 Å². The summed E-state index contributed by atoms with van der Waals surface area (Å²) in [5, 5.41) is 9.30. The van der Waals surface area contributed by atoms with Crippen molar-refractivity contribution in [1.82, 2.24) is 4.90 Å². The largest absolute Gasteiger partial charge is 0.289 e. The maximum atomic E-state index is 13.4. The Hall–Kier alpha value is -2.44. The number of benzene rings is 2. The lowest BCUT2D eigenvalue weighted by molar-refractivity contribution is 0.0880. The number of halogens is 1. The molecule has 4 rings (SSSR count). The SMILES string of the molecule is N#Cc1cc(F)ccc1CC1=CC2CCCC(C1)N2Cc1ccccc1. The van der Waals surface area contributed by atoms with Crippen LogP contribution in [0.4, 0.5) is 4.39 Å². The number of hydrogen-bond donors (Lipinski definition) is 0. The monoisotopic (exact) mass is 346 g/mol. The molecule has 2 aliphatic rings. The molecule has 1 saturated heterocycles. The Morgan fingerprint density at radius 1 is 1.12 bits per heavy atom. The molecule has 0 aromatic heterocycles. The molecule has 0 aliphatic carbocycles. The average Bonchev–Trinajstić information content (AvgIpc) is 2.64. The summed E-state index contributed by atoms with van der Waals surface area (Å²) in [7, 11) is 0.